The smallest absolute Gasteiger partial charge is 0.299 e. The van der Waals surface area contributed by atoms with Gasteiger partial charge in [-0.3, -0.25) is 4.79 Å². The number of ketones is 1. The molecule has 0 fully saturated rings. The lowest BCUT2D eigenvalue weighted by molar-refractivity contribution is -0.137. The van der Waals surface area contributed by atoms with Crippen molar-refractivity contribution in [2.24, 2.45) is 11.8 Å². The Morgan fingerprint density at radius 2 is 1.83 bits per heavy atom. The molecule has 0 saturated heterocycles. The molecule has 1 unspecified atom stereocenters. The topological polar surface area (TPSA) is 17.1 Å². The Kier molecular flexibility index (Phi) is 4.54. The van der Waals surface area contributed by atoms with Crippen LogP contribution >= 0.6 is 0 Å². The summed E-state index contributed by atoms with van der Waals surface area (Å²) in [5.41, 5.74) is -0.285. The minimum atomic E-state index is -4.36. The van der Waals surface area contributed by atoms with Gasteiger partial charge in [0.2, 0.25) is 0 Å². The van der Waals surface area contributed by atoms with E-state index in [1.165, 1.54) is 6.07 Å². The van der Waals surface area contributed by atoms with Gasteiger partial charge in [0.15, 0.2) is 0 Å². The molecule has 0 spiro atoms. The van der Waals surface area contributed by atoms with Crippen LogP contribution in [0.5, 0.6) is 0 Å². The van der Waals surface area contributed by atoms with Crippen molar-refractivity contribution in [2.45, 2.75) is 33.4 Å². The van der Waals surface area contributed by atoms with Gasteiger partial charge >= 0.3 is 6.18 Å². The Balaban J connectivity index is 2.83. The van der Waals surface area contributed by atoms with Gasteiger partial charge in [0.05, 0.1) is 5.56 Å². The first-order valence-electron chi connectivity index (χ1n) is 5.90. The molecule has 18 heavy (non-hydrogen) atoms. The third-order valence-electron chi connectivity index (χ3n) is 3.14. The highest BCUT2D eigenvalue weighted by Gasteiger charge is 2.30. The van der Waals surface area contributed by atoms with Gasteiger partial charge in [-0.05, 0) is 17.5 Å². The Morgan fingerprint density at radius 1 is 1.22 bits per heavy atom. The highest BCUT2D eigenvalue weighted by Crippen LogP contribution is 2.29. The fourth-order valence-corrected chi connectivity index (χ4v) is 1.59. The van der Waals surface area contributed by atoms with Crippen LogP contribution in [0.3, 0.4) is 0 Å². The normalized spacial score (nSPS) is 13.7. The fraction of sp³-hybridized carbons (Fsp3) is 0.500. The van der Waals surface area contributed by atoms with Gasteiger partial charge in [0.1, 0.15) is 5.78 Å². The number of alkyl halides is 3. The molecular formula is C14H17F3O. The van der Waals surface area contributed by atoms with Gasteiger partial charge in [0, 0.05) is 12.3 Å². The van der Waals surface area contributed by atoms with E-state index in [9.17, 15) is 18.0 Å². The highest BCUT2D eigenvalue weighted by molar-refractivity contribution is 5.83. The SMILES string of the molecule is CC(C)C(C)C(=O)Cc1cccc(C(F)(F)F)c1. The molecule has 100 valence electrons. The van der Waals surface area contributed by atoms with E-state index in [-0.39, 0.29) is 24.0 Å². The lowest BCUT2D eigenvalue weighted by Gasteiger charge is -2.14. The van der Waals surface area contributed by atoms with Gasteiger partial charge in [-0.25, -0.2) is 0 Å². The molecule has 1 aromatic rings. The maximum atomic E-state index is 12.5. The monoisotopic (exact) mass is 258 g/mol. The number of halogens is 3. The number of carbonyl (C=O) groups is 1. The van der Waals surface area contributed by atoms with Crippen molar-refractivity contribution in [2.75, 3.05) is 0 Å². The summed E-state index contributed by atoms with van der Waals surface area (Å²) in [4.78, 5) is 11.8. The number of Topliss-reactive ketones (excluding diaryl/α,β-unsaturated/α-hetero) is 1. The van der Waals surface area contributed by atoms with Crippen LogP contribution in [0.15, 0.2) is 24.3 Å². The lowest BCUT2D eigenvalue weighted by Crippen LogP contribution is -2.19. The predicted molar refractivity (Wildman–Crippen MR) is 64.2 cm³/mol. The molecule has 1 atom stereocenters. The molecule has 1 nitrogen and oxygen atoms in total. The second kappa shape index (κ2) is 5.55. The van der Waals surface area contributed by atoms with Crippen molar-refractivity contribution >= 4 is 5.78 Å². The molecule has 0 aliphatic carbocycles. The van der Waals surface area contributed by atoms with Crippen LogP contribution in [0.1, 0.15) is 31.9 Å². The van der Waals surface area contributed by atoms with Gasteiger partial charge in [-0.1, -0.05) is 39.0 Å². The Labute approximate surface area is 105 Å². The second-order valence-electron chi connectivity index (χ2n) is 4.87. The van der Waals surface area contributed by atoms with Crippen molar-refractivity contribution in [1.29, 1.82) is 0 Å². The van der Waals surface area contributed by atoms with Gasteiger partial charge < -0.3 is 0 Å². The van der Waals surface area contributed by atoms with Crippen molar-refractivity contribution in [3.63, 3.8) is 0 Å². The molecule has 0 heterocycles. The molecule has 0 saturated carbocycles. The molecule has 0 aliphatic rings. The van der Waals surface area contributed by atoms with Crippen LogP contribution in [0.2, 0.25) is 0 Å². The highest BCUT2D eigenvalue weighted by atomic mass is 19.4. The summed E-state index contributed by atoms with van der Waals surface area (Å²) in [6.45, 7) is 5.66. The van der Waals surface area contributed by atoms with Crippen LogP contribution in [0.4, 0.5) is 13.2 Å². The summed E-state index contributed by atoms with van der Waals surface area (Å²) in [6.07, 6.45) is -4.30. The maximum absolute atomic E-state index is 12.5. The van der Waals surface area contributed by atoms with Gasteiger partial charge in [-0.2, -0.15) is 13.2 Å². The Bertz CT molecular complexity index is 421. The molecule has 1 aromatic carbocycles. The lowest BCUT2D eigenvalue weighted by atomic mass is 9.90. The average Bonchev–Trinajstić information content (AvgIpc) is 2.27. The second-order valence-corrected chi connectivity index (χ2v) is 4.87. The zero-order valence-electron chi connectivity index (χ0n) is 10.7. The minimum Gasteiger partial charge on any atom is -0.299 e. The van der Waals surface area contributed by atoms with E-state index < -0.39 is 11.7 Å². The quantitative estimate of drug-likeness (QED) is 0.794. The van der Waals surface area contributed by atoms with Gasteiger partial charge in [0.25, 0.3) is 0 Å². The third kappa shape index (κ3) is 3.86. The predicted octanol–water partition coefficient (Wildman–Crippen LogP) is 4.11. The van der Waals surface area contributed by atoms with Crippen molar-refractivity contribution < 1.29 is 18.0 Å². The van der Waals surface area contributed by atoms with E-state index >= 15 is 0 Å². The van der Waals surface area contributed by atoms with E-state index in [2.05, 4.69) is 0 Å². The zero-order chi connectivity index (χ0) is 13.9. The molecule has 0 amide bonds. The summed E-state index contributed by atoms with van der Waals surface area (Å²) < 4.78 is 37.5. The van der Waals surface area contributed by atoms with Gasteiger partial charge in [-0.15, -0.1) is 0 Å². The average molecular weight is 258 g/mol. The van der Waals surface area contributed by atoms with Crippen molar-refractivity contribution in [3.05, 3.63) is 35.4 Å². The third-order valence-corrected chi connectivity index (χ3v) is 3.14. The molecule has 0 aromatic heterocycles. The van der Waals surface area contributed by atoms with Crippen molar-refractivity contribution in [3.8, 4) is 0 Å². The van der Waals surface area contributed by atoms with Crippen LogP contribution < -0.4 is 0 Å². The summed E-state index contributed by atoms with van der Waals surface area (Å²) in [5, 5.41) is 0. The summed E-state index contributed by atoms with van der Waals surface area (Å²) in [7, 11) is 0. The van der Waals surface area contributed by atoms with E-state index in [1.807, 2.05) is 13.8 Å². The molecule has 0 aliphatic heterocycles. The summed E-state index contributed by atoms with van der Waals surface area (Å²) >= 11 is 0. The summed E-state index contributed by atoms with van der Waals surface area (Å²) in [5.74, 6) is 0.0344. The number of carbonyl (C=O) groups excluding carboxylic acids is 1. The van der Waals surface area contributed by atoms with E-state index in [4.69, 9.17) is 0 Å². The zero-order valence-corrected chi connectivity index (χ0v) is 10.7. The van der Waals surface area contributed by atoms with Crippen LogP contribution in [-0.2, 0) is 17.4 Å². The van der Waals surface area contributed by atoms with Crippen molar-refractivity contribution in [1.82, 2.24) is 0 Å². The Hall–Kier alpha value is -1.32. The fourth-order valence-electron chi connectivity index (χ4n) is 1.59. The largest absolute Gasteiger partial charge is 0.416 e. The Morgan fingerprint density at radius 3 is 2.33 bits per heavy atom. The summed E-state index contributed by atoms with van der Waals surface area (Å²) in [6, 6.07) is 4.95. The standard InChI is InChI=1S/C14H17F3O/c1-9(2)10(3)13(18)8-11-5-4-6-12(7-11)14(15,16)17/h4-7,9-10H,8H2,1-3H3. The first kappa shape index (κ1) is 14.7. The van der Waals surface area contributed by atoms with Crippen LogP contribution in [0, 0.1) is 11.8 Å². The number of rotatable bonds is 4. The van der Waals surface area contributed by atoms with Crippen LogP contribution in [0.25, 0.3) is 0 Å². The van der Waals surface area contributed by atoms with E-state index in [1.54, 1.807) is 13.0 Å². The maximum Gasteiger partial charge on any atom is 0.416 e. The molecule has 1 rings (SSSR count). The molecule has 0 N–H and O–H groups in total. The minimum absolute atomic E-state index is 0.0238. The molecule has 4 heteroatoms. The number of hydrogen-bond acceptors (Lipinski definition) is 1. The van der Waals surface area contributed by atoms with Crippen LogP contribution in [-0.4, -0.2) is 5.78 Å². The van der Waals surface area contributed by atoms with E-state index in [0.29, 0.717) is 5.56 Å². The first-order valence-corrected chi connectivity index (χ1v) is 5.90. The van der Waals surface area contributed by atoms with E-state index in [0.717, 1.165) is 12.1 Å². The first-order chi connectivity index (χ1) is 8.21. The number of hydrogen-bond donors (Lipinski definition) is 0. The molecule has 0 bridgehead atoms. The molecular weight excluding hydrogens is 241 g/mol. The number of benzene rings is 1. The molecule has 0 radical (unpaired) electrons.